The average molecular weight is 415 g/mol. The third-order valence-electron chi connectivity index (χ3n) is 3.42. The van der Waals surface area contributed by atoms with Gasteiger partial charge in [0.25, 0.3) is 0 Å². The fraction of sp³-hybridized carbons (Fsp3) is 0.231. The highest BCUT2D eigenvalue weighted by Crippen LogP contribution is 2.32. The molecule has 21 heavy (non-hydrogen) atoms. The number of nitrogens with two attached hydrogens (primary N) is 1. The van der Waals surface area contributed by atoms with Gasteiger partial charge in [-0.05, 0) is 33.6 Å². The molecule has 1 aliphatic heterocycles. The molecule has 1 aromatic carbocycles. The number of rotatable bonds is 2. The minimum Gasteiger partial charge on any atom is -0.306 e. The minimum atomic E-state index is -0.547. The Morgan fingerprint density at radius 2 is 2.19 bits per heavy atom. The number of hydrogen-bond donors (Lipinski definition) is 2. The summed E-state index contributed by atoms with van der Waals surface area (Å²) in [5.74, 6) is 0.637. The molecule has 2 amide bonds. The maximum absolute atomic E-state index is 11.9. The summed E-state index contributed by atoms with van der Waals surface area (Å²) in [6.07, 6.45) is -0.547. The van der Waals surface area contributed by atoms with Crippen molar-refractivity contribution in [2.75, 3.05) is 12.4 Å². The number of nitrogens with one attached hydrogen (secondary N) is 1. The third-order valence-corrected chi connectivity index (χ3v) is 4.52. The predicted octanol–water partition coefficient (Wildman–Crippen LogP) is 2.89. The predicted molar refractivity (Wildman–Crippen MR) is 86.9 cm³/mol. The molecular weight excluding hydrogens is 402 g/mol. The first kappa shape index (κ1) is 14.6. The van der Waals surface area contributed by atoms with Crippen LogP contribution < -0.4 is 11.1 Å². The van der Waals surface area contributed by atoms with Crippen molar-refractivity contribution in [1.29, 1.82) is 0 Å². The second-order valence-corrected chi connectivity index (χ2v) is 6.44. The summed E-state index contributed by atoms with van der Waals surface area (Å²) in [5.41, 5.74) is 7.78. The van der Waals surface area contributed by atoms with E-state index in [9.17, 15) is 4.79 Å². The van der Waals surface area contributed by atoms with Gasteiger partial charge in [0.15, 0.2) is 4.73 Å². The highest BCUT2D eigenvalue weighted by atomic mass is 79.9. The standard InChI is InChI=1S/C13H13Br2N5O/c1-19-10(16)9-11(18-13(19)21)20(12(15)17-9)6-7-3-2-4-8(14)5-7/h2-5,10H,6,16H2,1H3,(H,18,21). The molecule has 0 saturated carbocycles. The van der Waals surface area contributed by atoms with E-state index in [1.807, 2.05) is 28.8 Å². The zero-order valence-electron chi connectivity index (χ0n) is 11.2. The van der Waals surface area contributed by atoms with E-state index in [0.29, 0.717) is 22.8 Å². The number of benzene rings is 1. The molecule has 1 unspecified atom stereocenters. The fourth-order valence-electron chi connectivity index (χ4n) is 2.24. The Labute approximate surface area is 138 Å². The van der Waals surface area contributed by atoms with Crippen LogP contribution in [0.4, 0.5) is 10.6 Å². The van der Waals surface area contributed by atoms with Gasteiger partial charge in [-0.1, -0.05) is 28.1 Å². The van der Waals surface area contributed by atoms with E-state index in [0.717, 1.165) is 10.0 Å². The van der Waals surface area contributed by atoms with Crippen LogP contribution in [0.1, 0.15) is 17.4 Å². The van der Waals surface area contributed by atoms with E-state index in [-0.39, 0.29) is 6.03 Å². The van der Waals surface area contributed by atoms with Crippen molar-refractivity contribution < 1.29 is 4.79 Å². The number of halogens is 2. The monoisotopic (exact) mass is 413 g/mol. The van der Waals surface area contributed by atoms with Crippen LogP contribution in [-0.2, 0) is 6.54 Å². The number of aromatic nitrogens is 2. The van der Waals surface area contributed by atoms with Gasteiger partial charge in [-0.3, -0.25) is 5.32 Å². The van der Waals surface area contributed by atoms with Gasteiger partial charge in [-0.2, -0.15) is 0 Å². The van der Waals surface area contributed by atoms with Crippen molar-refractivity contribution in [3.05, 3.63) is 44.7 Å². The minimum absolute atomic E-state index is 0.238. The van der Waals surface area contributed by atoms with Crippen LogP contribution in [0.5, 0.6) is 0 Å². The molecule has 2 heterocycles. The number of hydrogen-bond acceptors (Lipinski definition) is 3. The summed E-state index contributed by atoms with van der Waals surface area (Å²) in [7, 11) is 1.64. The van der Waals surface area contributed by atoms with Gasteiger partial charge in [0.2, 0.25) is 0 Å². The SMILES string of the molecule is CN1C(=O)Nc2c(nc(Br)n2Cc2cccc(Br)c2)C1N. The lowest BCUT2D eigenvalue weighted by atomic mass is 10.2. The van der Waals surface area contributed by atoms with Crippen molar-refractivity contribution >= 4 is 43.7 Å². The second-order valence-electron chi connectivity index (χ2n) is 4.82. The molecule has 2 aromatic rings. The van der Waals surface area contributed by atoms with Gasteiger partial charge >= 0.3 is 6.03 Å². The molecule has 3 N–H and O–H groups in total. The number of nitrogens with zero attached hydrogens (tertiary/aromatic N) is 3. The van der Waals surface area contributed by atoms with Crippen LogP contribution >= 0.6 is 31.9 Å². The van der Waals surface area contributed by atoms with Gasteiger partial charge < -0.3 is 15.2 Å². The number of fused-ring (bicyclic) bond motifs is 1. The summed E-state index contributed by atoms with van der Waals surface area (Å²) < 4.78 is 3.53. The first-order chi connectivity index (χ1) is 9.97. The van der Waals surface area contributed by atoms with Crippen LogP contribution in [0.15, 0.2) is 33.5 Å². The third kappa shape index (κ3) is 2.58. The molecule has 0 saturated heterocycles. The Kier molecular flexibility index (Phi) is 3.76. The van der Waals surface area contributed by atoms with E-state index in [2.05, 4.69) is 42.2 Å². The van der Waals surface area contributed by atoms with Gasteiger partial charge in [0.05, 0.1) is 6.54 Å². The lowest BCUT2D eigenvalue weighted by Gasteiger charge is -2.29. The van der Waals surface area contributed by atoms with Gasteiger partial charge in [-0.15, -0.1) is 0 Å². The van der Waals surface area contributed by atoms with E-state index in [1.165, 1.54) is 4.90 Å². The quantitative estimate of drug-likeness (QED) is 0.793. The van der Waals surface area contributed by atoms with E-state index < -0.39 is 6.17 Å². The number of imidazole rings is 1. The van der Waals surface area contributed by atoms with E-state index >= 15 is 0 Å². The Balaban J connectivity index is 2.01. The molecule has 8 heteroatoms. The van der Waals surface area contributed by atoms with Crippen LogP contribution in [0.3, 0.4) is 0 Å². The van der Waals surface area contributed by atoms with Gasteiger partial charge in [-0.25, -0.2) is 9.78 Å². The lowest BCUT2D eigenvalue weighted by molar-refractivity contribution is 0.201. The molecule has 0 bridgehead atoms. The first-order valence-corrected chi connectivity index (χ1v) is 7.85. The van der Waals surface area contributed by atoms with Crippen molar-refractivity contribution in [2.45, 2.75) is 12.7 Å². The Bertz CT molecular complexity index is 715. The van der Waals surface area contributed by atoms with Gasteiger partial charge in [0.1, 0.15) is 17.7 Å². The molecule has 1 aromatic heterocycles. The zero-order valence-corrected chi connectivity index (χ0v) is 14.3. The zero-order chi connectivity index (χ0) is 15.1. The summed E-state index contributed by atoms with van der Waals surface area (Å²) in [5, 5.41) is 2.83. The topological polar surface area (TPSA) is 76.2 Å². The molecule has 0 spiro atoms. The molecule has 0 radical (unpaired) electrons. The van der Waals surface area contributed by atoms with Crippen molar-refractivity contribution in [3.8, 4) is 0 Å². The summed E-state index contributed by atoms with van der Waals surface area (Å²) in [4.78, 5) is 17.8. The Morgan fingerprint density at radius 3 is 2.90 bits per heavy atom. The molecule has 1 aliphatic rings. The number of carbonyl (C=O) groups excluding carboxylic acids is 1. The van der Waals surface area contributed by atoms with Crippen LogP contribution in [0.2, 0.25) is 0 Å². The molecule has 0 aliphatic carbocycles. The van der Waals surface area contributed by atoms with E-state index in [1.54, 1.807) is 7.05 Å². The highest BCUT2D eigenvalue weighted by molar-refractivity contribution is 9.10. The van der Waals surface area contributed by atoms with Gasteiger partial charge in [0, 0.05) is 11.5 Å². The summed E-state index contributed by atoms with van der Waals surface area (Å²) >= 11 is 6.89. The Morgan fingerprint density at radius 1 is 1.43 bits per heavy atom. The van der Waals surface area contributed by atoms with E-state index in [4.69, 9.17) is 5.73 Å². The Hall–Kier alpha value is -1.38. The molecule has 110 valence electrons. The van der Waals surface area contributed by atoms with Crippen molar-refractivity contribution in [3.63, 3.8) is 0 Å². The van der Waals surface area contributed by atoms with Crippen LogP contribution in [0, 0.1) is 0 Å². The number of amides is 2. The molecular formula is C13H13Br2N5O. The summed E-state index contributed by atoms with van der Waals surface area (Å²) in [6.45, 7) is 0.582. The summed E-state index contributed by atoms with van der Waals surface area (Å²) in [6, 6.07) is 7.73. The largest absolute Gasteiger partial charge is 0.324 e. The normalized spacial score (nSPS) is 17.6. The fourth-order valence-corrected chi connectivity index (χ4v) is 3.18. The van der Waals surface area contributed by atoms with Crippen molar-refractivity contribution in [2.24, 2.45) is 5.73 Å². The van der Waals surface area contributed by atoms with Crippen LogP contribution in [0.25, 0.3) is 0 Å². The first-order valence-electron chi connectivity index (χ1n) is 6.27. The maximum Gasteiger partial charge on any atom is 0.324 e. The number of anilines is 1. The average Bonchev–Trinajstić information content (AvgIpc) is 2.74. The highest BCUT2D eigenvalue weighted by Gasteiger charge is 2.32. The molecule has 1 atom stereocenters. The molecule has 3 rings (SSSR count). The maximum atomic E-state index is 11.9. The number of urea groups is 1. The number of carbonyl (C=O) groups is 1. The van der Waals surface area contributed by atoms with Crippen molar-refractivity contribution in [1.82, 2.24) is 14.5 Å². The molecule has 6 nitrogen and oxygen atoms in total. The lowest BCUT2D eigenvalue weighted by Crippen LogP contribution is -2.43. The second kappa shape index (κ2) is 5.43. The smallest absolute Gasteiger partial charge is 0.306 e. The van der Waals surface area contributed by atoms with Crippen LogP contribution in [-0.4, -0.2) is 27.5 Å². The molecule has 0 fully saturated rings.